The smallest absolute Gasteiger partial charge is 0.408 e. The molecule has 48 heavy (non-hydrogen) atoms. The lowest BCUT2D eigenvalue weighted by Crippen LogP contribution is -2.66. The fraction of sp³-hybridized carbons (Fsp3) is 0.308. The average Bonchev–Trinajstić information content (AvgIpc) is 3.43. The van der Waals surface area contributed by atoms with Gasteiger partial charge in [-0.25, -0.2) is 9.59 Å². The van der Waals surface area contributed by atoms with Gasteiger partial charge in [-0.15, -0.1) is 0 Å². The van der Waals surface area contributed by atoms with E-state index in [4.69, 9.17) is 9.47 Å². The summed E-state index contributed by atoms with van der Waals surface area (Å²) in [4.78, 5) is 42.2. The van der Waals surface area contributed by atoms with E-state index in [2.05, 4.69) is 39.8 Å². The Morgan fingerprint density at radius 1 is 0.812 bits per heavy atom. The zero-order chi connectivity index (χ0) is 33.5. The van der Waals surface area contributed by atoms with Crippen LogP contribution in [0.1, 0.15) is 47.9 Å². The molecule has 9 nitrogen and oxygen atoms in total. The Balaban J connectivity index is 1.16. The highest BCUT2D eigenvalue weighted by Gasteiger charge is 2.45. The van der Waals surface area contributed by atoms with Crippen molar-refractivity contribution in [2.75, 3.05) is 19.7 Å². The molecule has 2 amide bonds. The third kappa shape index (κ3) is 7.43. The summed E-state index contributed by atoms with van der Waals surface area (Å²) in [5, 5.41) is 15.7. The van der Waals surface area contributed by atoms with Gasteiger partial charge in [0.15, 0.2) is 6.04 Å². The average molecular weight is 648 g/mol. The quantitative estimate of drug-likeness (QED) is 0.180. The Morgan fingerprint density at radius 3 is 1.94 bits per heavy atom. The molecule has 2 atom stereocenters. The molecule has 1 heterocycles. The molecule has 9 heteroatoms. The molecular formula is C39H41N3O6. The van der Waals surface area contributed by atoms with Crippen LogP contribution in [-0.2, 0) is 32.2 Å². The fourth-order valence-corrected chi connectivity index (χ4v) is 6.73. The molecule has 0 aromatic heterocycles. The molecule has 0 radical (unpaired) electrons. The van der Waals surface area contributed by atoms with Gasteiger partial charge in [-0.2, -0.15) is 0 Å². The van der Waals surface area contributed by atoms with Crippen molar-refractivity contribution in [1.29, 1.82) is 0 Å². The molecule has 1 aliphatic heterocycles. The number of hydrogen-bond acceptors (Lipinski definition) is 6. The van der Waals surface area contributed by atoms with E-state index in [-0.39, 0.29) is 32.0 Å². The Labute approximate surface area is 280 Å². The SMILES string of the molecule is C[C@H](OCc1ccccc1)[C@@H](NC(=O)C1(NC(=O)OCC2c3ccccc3-c3ccccc32)CCN(Cc2ccccc2)CC1)C(=O)O. The van der Waals surface area contributed by atoms with Gasteiger partial charge in [0.25, 0.3) is 0 Å². The van der Waals surface area contributed by atoms with E-state index in [0.29, 0.717) is 19.6 Å². The van der Waals surface area contributed by atoms with Gasteiger partial charge in [-0.1, -0.05) is 109 Å². The molecule has 2 aliphatic rings. The number of ether oxygens (including phenoxy) is 2. The summed E-state index contributed by atoms with van der Waals surface area (Å²) < 4.78 is 11.7. The van der Waals surface area contributed by atoms with Crippen molar-refractivity contribution in [3.05, 3.63) is 131 Å². The number of amides is 2. The summed E-state index contributed by atoms with van der Waals surface area (Å²) in [6.45, 7) is 3.65. The van der Waals surface area contributed by atoms with Gasteiger partial charge in [0.1, 0.15) is 12.1 Å². The normalized spacial score (nSPS) is 16.6. The summed E-state index contributed by atoms with van der Waals surface area (Å²) in [5.41, 5.74) is 5.07. The molecule has 0 saturated carbocycles. The maximum absolute atomic E-state index is 14.1. The lowest BCUT2D eigenvalue weighted by Gasteiger charge is -2.41. The predicted octanol–water partition coefficient (Wildman–Crippen LogP) is 5.73. The van der Waals surface area contributed by atoms with E-state index in [9.17, 15) is 19.5 Å². The number of carboxylic acids is 1. The highest BCUT2D eigenvalue weighted by Crippen LogP contribution is 2.44. The first kappa shape index (κ1) is 32.9. The second kappa shape index (κ2) is 14.8. The number of carbonyl (C=O) groups excluding carboxylic acids is 2. The summed E-state index contributed by atoms with van der Waals surface area (Å²) in [5.74, 6) is -1.93. The number of fused-ring (bicyclic) bond motifs is 3. The van der Waals surface area contributed by atoms with Crippen molar-refractivity contribution in [2.45, 2.75) is 56.5 Å². The van der Waals surface area contributed by atoms with Crippen LogP contribution in [0.25, 0.3) is 11.1 Å². The molecular weight excluding hydrogens is 606 g/mol. The van der Waals surface area contributed by atoms with Gasteiger partial charge in [0, 0.05) is 25.6 Å². The Bertz CT molecular complexity index is 1680. The Morgan fingerprint density at radius 2 is 1.35 bits per heavy atom. The van der Waals surface area contributed by atoms with Gasteiger partial charge < -0.3 is 25.2 Å². The summed E-state index contributed by atoms with van der Waals surface area (Å²) in [6, 6.07) is 34.3. The molecule has 0 spiro atoms. The lowest BCUT2D eigenvalue weighted by atomic mass is 9.85. The van der Waals surface area contributed by atoms with E-state index >= 15 is 0 Å². The molecule has 0 bridgehead atoms. The zero-order valence-corrected chi connectivity index (χ0v) is 27.0. The van der Waals surface area contributed by atoms with Gasteiger partial charge in [0.05, 0.1) is 12.7 Å². The predicted molar refractivity (Wildman–Crippen MR) is 182 cm³/mol. The number of piperidine rings is 1. The van der Waals surface area contributed by atoms with Crippen molar-refractivity contribution in [3.8, 4) is 11.1 Å². The number of hydrogen-bond donors (Lipinski definition) is 3. The van der Waals surface area contributed by atoms with Gasteiger partial charge in [0.2, 0.25) is 5.91 Å². The van der Waals surface area contributed by atoms with Gasteiger partial charge >= 0.3 is 12.1 Å². The van der Waals surface area contributed by atoms with Crippen molar-refractivity contribution in [3.63, 3.8) is 0 Å². The van der Waals surface area contributed by atoms with Crippen molar-refractivity contribution in [1.82, 2.24) is 15.5 Å². The number of alkyl carbamates (subject to hydrolysis) is 1. The van der Waals surface area contributed by atoms with Crippen LogP contribution in [0.3, 0.4) is 0 Å². The minimum atomic E-state index is -1.37. The van der Waals surface area contributed by atoms with Crippen LogP contribution in [0, 0.1) is 0 Å². The maximum Gasteiger partial charge on any atom is 0.408 e. The van der Waals surface area contributed by atoms with Crippen molar-refractivity contribution < 1.29 is 29.0 Å². The number of carbonyl (C=O) groups is 3. The van der Waals surface area contributed by atoms with Crippen LogP contribution >= 0.6 is 0 Å². The third-order valence-corrected chi connectivity index (χ3v) is 9.46. The topological polar surface area (TPSA) is 117 Å². The summed E-state index contributed by atoms with van der Waals surface area (Å²) >= 11 is 0. The zero-order valence-electron chi connectivity index (χ0n) is 27.0. The molecule has 1 saturated heterocycles. The molecule has 3 N–H and O–H groups in total. The lowest BCUT2D eigenvalue weighted by molar-refractivity contribution is -0.148. The molecule has 4 aromatic rings. The second-order valence-corrected chi connectivity index (χ2v) is 12.6. The standard InChI is InChI=1S/C39H41N3O6/c1-27(47-25-29-14-6-3-7-15-29)35(36(43)44)40-37(45)39(20-22-42(23-21-39)24-28-12-4-2-5-13-28)41-38(46)48-26-34-32-18-10-8-16-30(32)31-17-9-11-19-33(31)34/h2-19,27,34-35H,20-26H2,1H3,(H,40,45)(H,41,46)(H,43,44)/t27-,35+/m0/s1. The number of benzene rings is 4. The van der Waals surface area contributed by atoms with E-state index in [0.717, 1.165) is 33.4 Å². The number of rotatable bonds is 12. The van der Waals surface area contributed by atoms with Crippen molar-refractivity contribution >= 4 is 18.0 Å². The van der Waals surface area contributed by atoms with Crippen LogP contribution in [0.5, 0.6) is 0 Å². The second-order valence-electron chi connectivity index (χ2n) is 12.6. The highest BCUT2D eigenvalue weighted by atomic mass is 16.5. The van der Waals surface area contributed by atoms with Crippen LogP contribution in [0.4, 0.5) is 4.79 Å². The first-order chi connectivity index (χ1) is 23.3. The molecule has 248 valence electrons. The summed E-state index contributed by atoms with van der Waals surface area (Å²) in [6.07, 6.45) is -0.997. The van der Waals surface area contributed by atoms with Gasteiger partial charge in [-0.3, -0.25) is 9.69 Å². The minimum Gasteiger partial charge on any atom is -0.480 e. The van der Waals surface area contributed by atoms with E-state index in [1.807, 2.05) is 84.9 Å². The number of likely N-dealkylation sites (tertiary alicyclic amines) is 1. The first-order valence-electron chi connectivity index (χ1n) is 16.4. The third-order valence-electron chi connectivity index (χ3n) is 9.46. The molecule has 0 unspecified atom stereocenters. The first-order valence-corrected chi connectivity index (χ1v) is 16.4. The fourth-order valence-electron chi connectivity index (χ4n) is 6.73. The molecule has 1 fully saturated rings. The van der Waals surface area contributed by atoms with Crippen LogP contribution in [-0.4, -0.2) is 65.4 Å². The molecule has 4 aromatic carbocycles. The Kier molecular flexibility index (Phi) is 10.2. The minimum absolute atomic E-state index is 0.0970. The monoisotopic (exact) mass is 647 g/mol. The molecule has 6 rings (SSSR count). The number of nitrogens with zero attached hydrogens (tertiary/aromatic N) is 1. The highest BCUT2D eigenvalue weighted by molar-refractivity contribution is 5.93. The van der Waals surface area contributed by atoms with E-state index < -0.39 is 35.7 Å². The summed E-state index contributed by atoms with van der Waals surface area (Å²) in [7, 11) is 0. The number of nitrogens with one attached hydrogen (secondary N) is 2. The van der Waals surface area contributed by atoms with Gasteiger partial charge in [-0.05, 0) is 53.1 Å². The van der Waals surface area contributed by atoms with Crippen LogP contribution < -0.4 is 10.6 Å². The largest absolute Gasteiger partial charge is 0.480 e. The van der Waals surface area contributed by atoms with Crippen LogP contribution in [0.2, 0.25) is 0 Å². The van der Waals surface area contributed by atoms with E-state index in [1.54, 1.807) is 6.92 Å². The van der Waals surface area contributed by atoms with Crippen LogP contribution in [0.15, 0.2) is 109 Å². The maximum atomic E-state index is 14.1. The van der Waals surface area contributed by atoms with E-state index in [1.165, 1.54) is 0 Å². The molecule has 1 aliphatic carbocycles. The van der Waals surface area contributed by atoms with Crippen molar-refractivity contribution in [2.24, 2.45) is 0 Å². The number of carboxylic acid groups (broad SMARTS) is 1. The Hall–Kier alpha value is -4.99. The number of aliphatic carboxylic acids is 1.